The molecule has 1 atom stereocenters. The fourth-order valence-corrected chi connectivity index (χ4v) is 3.58. The zero-order valence-electron chi connectivity index (χ0n) is 16.0. The van der Waals surface area contributed by atoms with Crippen LogP contribution >= 0.6 is 0 Å². The summed E-state index contributed by atoms with van der Waals surface area (Å²) in [6, 6.07) is 25.5. The van der Waals surface area contributed by atoms with Crippen LogP contribution in [0.4, 0.5) is 5.69 Å². The molecule has 0 aliphatic carbocycles. The second kappa shape index (κ2) is 8.28. The molecule has 0 spiro atoms. The smallest absolute Gasteiger partial charge is 0.246 e. The lowest BCUT2D eigenvalue weighted by molar-refractivity contribution is -0.121. The Morgan fingerprint density at radius 1 is 0.964 bits per heavy atom. The minimum absolute atomic E-state index is 0.0329. The summed E-state index contributed by atoms with van der Waals surface area (Å²) in [6.45, 7) is 3.93. The van der Waals surface area contributed by atoms with Crippen LogP contribution < -0.4 is 10.1 Å². The van der Waals surface area contributed by atoms with Gasteiger partial charge < -0.3 is 10.1 Å². The van der Waals surface area contributed by atoms with Gasteiger partial charge in [0.05, 0.1) is 0 Å². The Bertz CT molecular complexity index is 938. The average Bonchev–Trinajstić information content (AvgIpc) is 2.93. The first-order valence-electron chi connectivity index (χ1n) is 9.58. The van der Waals surface area contributed by atoms with E-state index in [0.717, 1.165) is 22.6 Å². The van der Waals surface area contributed by atoms with Crippen LogP contribution in [0.2, 0.25) is 0 Å². The predicted octanol–water partition coefficient (Wildman–Crippen LogP) is 4.57. The van der Waals surface area contributed by atoms with E-state index in [2.05, 4.69) is 16.3 Å². The van der Waals surface area contributed by atoms with Gasteiger partial charge in [-0.05, 0) is 30.7 Å². The van der Waals surface area contributed by atoms with E-state index in [9.17, 15) is 4.79 Å². The molecule has 4 heteroatoms. The maximum atomic E-state index is 13.3. The number of nitrogens with one attached hydrogen (secondary N) is 1. The number of hydrogen-bond acceptors (Lipinski definition) is 3. The molecule has 1 heterocycles. The number of para-hydroxylation sites is 1. The predicted molar refractivity (Wildman–Crippen MR) is 111 cm³/mol. The van der Waals surface area contributed by atoms with Gasteiger partial charge in [0.15, 0.2) is 0 Å². The van der Waals surface area contributed by atoms with E-state index in [4.69, 9.17) is 4.74 Å². The topological polar surface area (TPSA) is 41.6 Å². The number of fused-ring (bicyclic) bond motifs is 1. The van der Waals surface area contributed by atoms with Crippen molar-refractivity contribution in [2.45, 2.75) is 19.5 Å². The molecule has 0 saturated carbocycles. The number of amides is 1. The van der Waals surface area contributed by atoms with E-state index in [1.165, 1.54) is 5.56 Å². The normalized spacial score (nSPS) is 15.0. The summed E-state index contributed by atoms with van der Waals surface area (Å²) in [6.07, 6.45) is 0. The van der Waals surface area contributed by atoms with Crippen molar-refractivity contribution in [1.82, 2.24) is 4.90 Å². The number of carbonyl (C=O) groups excluding carboxylic acids is 1. The van der Waals surface area contributed by atoms with Gasteiger partial charge in [-0.25, -0.2) is 0 Å². The van der Waals surface area contributed by atoms with Crippen LogP contribution in [-0.4, -0.2) is 24.0 Å². The van der Waals surface area contributed by atoms with Gasteiger partial charge >= 0.3 is 0 Å². The lowest BCUT2D eigenvalue weighted by Crippen LogP contribution is -2.38. The Labute approximate surface area is 165 Å². The minimum Gasteiger partial charge on any atom is -0.492 e. The summed E-state index contributed by atoms with van der Waals surface area (Å²) < 4.78 is 5.90. The first-order valence-corrected chi connectivity index (χ1v) is 9.58. The first kappa shape index (κ1) is 18.3. The van der Waals surface area contributed by atoms with E-state index in [1.807, 2.05) is 79.7 Å². The summed E-state index contributed by atoms with van der Waals surface area (Å²) >= 11 is 0. The van der Waals surface area contributed by atoms with E-state index < -0.39 is 6.04 Å². The SMILES string of the molecule is Cc1ccc(NC(=O)C(c2ccccc2)N2CCOc3ccccc3C2)cc1. The highest BCUT2D eigenvalue weighted by molar-refractivity contribution is 5.95. The Morgan fingerprint density at radius 2 is 1.68 bits per heavy atom. The fraction of sp³-hybridized carbons (Fsp3) is 0.208. The quantitative estimate of drug-likeness (QED) is 0.729. The molecule has 3 aromatic rings. The van der Waals surface area contributed by atoms with Gasteiger partial charge in [0.1, 0.15) is 18.4 Å². The number of hydrogen-bond donors (Lipinski definition) is 1. The summed E-state index contributed by atoms with van der Waals surface area (Å²) in [5, 5.41) is 3.09. The summed E-state index contributed by atoms with van der Waals surface area (Å²) in [4.78, 5) is 15.5. The number of carbonyl (C=O) groups is 1. The standard InChI is InChI=1S/C24H24N2O2/c1-18-11-13-21(14-12-18)25-24(27)23(19-7-3-2-4-8-19)26-15-16-28-22-10-6-5-9-20(22)17-26/h2-14,23H,15-17H2,1H3,(H,25,27). The van der Waals surface area contributed by atoms with E-state index in [0.29, 0.717) is 19.7 Å². The molecule has 1 aliphatic rings. The molecule has 0 saturated heterocycles. The molecular weight excluding hydrogens is 348 g/mol. The molecule has 1 aliphatic heterocycles. The van der Waals surface area contributed by atoms with Gasteiger partial charge in [-0.2, -0.15) is 0 Å². The van der Waals surface area contributed by atoms with Crippen LogP contribution in [0.15, 0.2) is 78.9 Å². The first-order chi connectivity index (χ1) is 13.7. The molecule has 1 N–H and O–H groups in total. The number of anilines is 1. The summed E-state index contributed by atoms with van der Waals surface area (Å²) in [7, 11) is 0. The maximum absolute atomic E-state index is 13.3. The molecule has 4 rings (SSSR count). The van der Waals surface area contributed by atoms with E-state index in [1.54, 1.807) is 0 Å². The maximum Gasteiger partial charge on any atom is 0.246 e. The Hall–Kier alpha value is -3.11. The van der Waals surface area contributed by atoms with E-state index in [-0.39, 0.29) is 5.91 Å². The summed E-state index contributed by atoms with van der Waals surface area (Å²) in [5.41, 5.74) is 4.05. The molecular formula is C24H24N2O2. The zero-order chi connectivity index (χ0) is 19.3. The van der Waals surface area contributed by atoms with Crippen molar-refractivity contribution in [3.63, 3.8) is 0 Å². The molecule has 4 nitrogen and oxygen atoms in total. The summed E-state index contributed by atoms with van der Waals surface area (Å²) in [5.74, 6) is 0.866. The molecule has 28 heavy (non-hydrogen) atoms. The van der Waals surface area contributed by atoms with Gasteiger partial charge in [0.2, 0.25) is 5.91 Å². The fourth-order valence-electron chi connectivity index (χ4n) is 3.58. The third-order valence-electron chi connectivity index (χ3n) is 5.03. The lowest BCUT2D eigenvalue weighted by Gasteiger charge is -2.29. The van der Waals surface area contributed by atoms with Crippen molar-refractivity contribution < 1.29 is 9.53 Å². The highest BCUT2D eigenvalue weighted by Crippen LogP contribution is 2.29. The largest absolute Gasteiger partial charge is 0.492 e. The van der Waals surface area contributed by atoms with Gasteiger partial charge in [0, 0.05) is 24.3 Å². The van der Waals surface area contributed by atoms with E-state index >= 15 is 0 Å². The Kier molecular flexibility index (Phi) is 5.40. The average molecular weight is 372 g/mol. The number of aryl methyl sites for hydroxylation is 1. The number of benzene rings is 3. The molecule has 0 bridgehead atoms. The van der Waals surface area contributed by atoms with Crippen molar-refractivity contribution in [2.24, 2.45) is 0 Å². The zero-order valence-corrected chi connectivity index (χ0v) is 16.0. The van der Waals surface area contributed by atoms with Crippen molar-refractivity contribution >= 4 is 11.6 Å². The number of rotatable bonds is 4. The molecule has 0 fully saturated rings. The van der Waals surface area contributed by atoms with Crippen LogP contribution in [0.3, 0.4) is 0 Å². The number of nitrogens with zero attached hydrogens (tertiary/aromatic N) is 1. The van der Waals surface area contributed by atoms with Gasteiger partial charge in [-0.1, -0.05) is 66.2 Å². The lowest BCUT2D eigenvalue weighted by atomic mass is 10.0. The molecule has 0 aromatic heterocycles. The number of ether oxygens (including phenoxy) is 1. The molecule has 1 unspecified atom stereocenters. The van der Waals surface area contributed by atoms with Crippen LogP contribution in [0, 0.1) is 6.92 Å². The monoisotopic (exact) mass is 372 g/mol. The molecule has 142 valence electrons. The van der Waals surface area contributed by atoms with Crippen molar-refractivity contribution in [3.05, 3.63) is 95.6 Å². The molecule has 0 radical (unpaired) electrons. The van der Waals surface area contributed by atoms with Gasteiger partial charge in [0.25, 0.3) is 0 Å². The third-order valence-corrected chi connectivity index (χ3v) is 5.03. The third kappa shape index (κ3) is 4.07. The Balaban J connectivity index is 1.64. The van der Waals surface area contributed by atoms with Crippen molar-refractivity contribution in [2.75, 3.05) is 18.5 Å². The van der Waals surface area contributed by atoms with Crippen LogP contribution in [0.5, 0.6) is 5.75 Å². The van der Waals surface area contributed by atoms with Crippen molar-refractivity contribution in [3.8, 4) is 5.75 Å². The molecule has 1 amide bonds. The second-order valence-corrected chi connectivity index (χ2v) is 7.10. The second-order valence-electron chi connectivity index (χ2n) is 7.10. The van der Waals surface area contributed by atoms with Crippen LogP contribution in [0.25, 0.3) is 0 Å². The van der Waals surface area contributed by atoms with Gasteiger partial charge in [-0.15, -0.1) is 0 Å². The van der Waals surface area contributed by atoms with Gasteiger partial charge in [-0.3, -0.25) is 9.69 Å². The highest BCUT2D eigenvalue weighted by atomic mass is 16.5. The Morgan fingerprint density at radius 3 is 2.46 bits per heavy atom. The highest BCUT2D eigenvalue weighted by Gasteiger charge is 2.29. The van der Waals surface area contributed by atoms with Crippen LogP contribution in [-0.2, 0) is 11.3 Å². The van der Waals surface area contributed by atoms with Crippen LogP contribution in [0.1, 0.15) is 22.7 Å². The van der Waals surface area contributed by atoms with Crippen molar-refractivity contribution in [1.29, 1.82) is 0 Å². The minimum atomic E-state index is -0.391. The molecule has 3 aromatic carbocycles.